The Bertz CT molecular complexity index is 1200. The van der Waals surface area contributed by atoms with E-state index in [1.54, 1.807) is 11.0 Å². The predicted octanol–water partition coefficient (Wildman–Crippen LogP) is 4.53. The van der Waals surface area contributed by atoms with Gasteiger partial charge in [-0.15, -0.1) is 10.2 Å². The van der Waals surface area contributed by atoms with E-state index in [2.05, 4.69) is 15.1 Å². The summed E-state index contributed by atoms with van der Waals surface area (Å²) in [6.07, 6.45) is 1.65. The molecule has 188 valence electrons. The van der Waals surface area contributed by atoms with Gasteiger partial charge in [-0.05, 0) is 42.8 Å². The van der Waals surface area contributed by atoms with Crippen LogP contribution in [0, 0.1) is 5.82 Å². The number of nitrogens with zero attached hydrogens (tertiary/aromatic N) is 5. The molecule has 1 fully saturated rings. The minimum atomic E-state index is -0.471. The van der Waals surface area contributed by atoms with Crippen molar-refractivity contribution in [2.75, 3.05) is 44.2 Å². The first-order chi connectivity index (χ1) is 17.5. The Labute approximate surface area is 215 Å². The molecule has 0 radical (unpaired) electrons. The van der Waals surface area contributed by atoms with Crippen LogP contribution in [0.2, 0.25) is 5.02 Å². The van der Waals surface area contributed by atoms with Crippen LogP contribution in [-0.2, 0) is 4.79 Å². The number of rotatable bonds is 8. The average Bonchev–Trinajstić information content (AvgIpc) is 2.91. The molecule has 2 amide bonds. The van der Waals surface area contributed by atoms with Gasteiger partial charge in [-0.25, -0.2) is 4.39 Å². The van der Waals surface area contributed by atoms with Crippen LogP contribution in [-0.4, -0.2) is 71.1 Å². The highest BCUT2D eigenvalue weighted by Crippen LogP contribution is 2.26. The average molecular weight is 510 g/mol. The van der Waals surface area contributed by atoms with E-state index in [1.807, 2.05) is 43.3 Å². The molecular weight excluding hydrogens is 481 g/mol. The molecule has 1 aliphatic heterocycles. The molecule has 0 aliphatic carbocycles. The highest BCUT2D eigenvalue weighted by atomic mass is 35.5. The molecule has 7 nitrogen and oxygen atoms in total. The van der Waals surface area contributed by atoms with Crippen LogP contribution < -0.4 is 4.90 Å². The highest BCUT2D eigenvalue weighted by Gasteiger charge is 2.26. The fourth-order valence-electron chi connectivity index (χ4n) is 4.16. The van der Waals surface area contributed by atoms with Crippen LogP contribution in [0.25, 0.3) is 11.3 Å². The summed E-state index contributed by atoms with van der Waals surface area (Å²) in [6.45, 7) is 4.70. The zero-order valence-corrected chi connectivity index (χ0v) is 21.0. The van der Waals surface area contributed by atoms with Crippen molar-refractivity contribution in [3.8, 4) is 11.3 Å². The number of aromatic nitrogens is 2. The van der Waals surface area contributed by atoms with E-state index in [9.17, 15) is 14.0 Å². The normalized spacial score (nSPS) is 13.5. The first-order valence-electron chi connectivity index (χ1n) is 12.1. The second-order valence-corrected chi connectivity index (χ2v) is 9.12. The number of hydrogen-bond acceptors (Lipinski definition) is 5. The summed E-state index contributed by atoms with van der Waals surface area (Å²) >= 11 is 6.26. The number of unbranched alkanes of at least 4 members (excludes halogenated alkanes) is 1. The lowest BCUT2D eigenvalue weighted by atomic mass is 10.1. The molecule has 0 N–H and O–H groups in total. The van der Waals surface area contributed by atoms with Gasteiger partial charge in [-0.2, -0.15) is 0 Å². The van der Waals surface area contributed by atoms with E-state index in [4.69, 9.17) is 11.6 Å². The third-order valence-corrected chi connectivity index (χ3v) is 6.55. The van der Waals surface area contributed by atoms with Crippen LogP contribution in [0.4, 0.5) is 10.2 Å². The van der Waals surface area contributed by atoms with Crippen LogP contribution in [0.1, 0.15) is 30.1 Å². The van der Waals surface area contributed by atoms with Gasteiger partial charge in [0.25, 0.3) is 5.91 Å². The monoisotopic (exact) mass is 509 g/mol. The van der Waals surface area contributed by atoms with Gasteiger partial charge in [0.15, 0.2) is 5.82 Å². The summed E-state index contributed by atoms with van der Waals surface area (Å²) in [6, 6.07) is 16.9. The Kier molecular flexibility index (Phi) is 8.48. The van der Waals surface area contributed by atoms with Crippen LogP contribution in [0.3, 0.4) is 0 Å². The molecule has 0 spiro atoms. The van der Waals surface area contributed by atoms with Crippen molar-refractivity contribution in [2.45, 2.75) is 19.8 Å². The van der Waals surface area contributed by atoms with Gasteiger partial charge in [0.05, 0.1) is 10.7 Å². The van der Waals surface area contributed by atoms with Crippen LogP contribution >= 0.6 is 11.6 Å². The molecule has 9 heteroatoms. The molecule has 2 heterocycles. The Morgan fingerprint density at radius 3 is 2.44 bits per heavy atom. The molecule has 4 rings (SSSR count). The lowest BCUT2D eigenvalue weighted by Gasteiger charge is -2.36. The van der Waals surface area contributed by atoms with Crippen molar-refractivity contribution in [3.63, 3.8) is 0 Å². The highest BCUT2D eigenvalue weighted by molar-refractivity contribution is 6.33. The van der Waals surface area contributed by atoms with Gasteiger partial charge in [0.2, 0.25) is 5.91 Å². The summed E-state index contributed by atoms with van der Waals surface area (Å²) in [7, 11) is 0. The Morgan fingerprint density at radius 1 is 1.00 bits per heavy atom. The third kappa shape index (κ3) is 6.18. The number of piperazine rings is 1. The first kappa shape index (κ1) is 25.6. The van der Waals surface area contributed by atoms with E-state index >= 15 is 0 Å². The van der Waals surface area contributed by atoms with Crippen molar-refractivity contribution in [1.82, 2.24) is 20.0 Å². The van der Waals surface area contributed by atoms with Gasteiger partial charge in [-0.1, -0.05) is 49.2 Å². The van der Waals surface area contributed by atoms with Gasteiger partial charge < -0.3 is 14.7 Å². The van der Waals surface area contributed by atoms with Gasteiger partial charge in [-0.3, -0.25) is 9.59 Å². The summed E-state index contributed by atoms with van der Waals surface area (Å²) in [5.41, 5.74) is 1.78. The predicted molar refractivity (Wildman–Crippen MR) is 138 cm³/mol. The number of amides is 2. The van der Waals surface area contributed by atoms with Crippen molar-refractivity contribution >= 4 is 29.2 Å². The van der Waals surface area contributed by atoms with Crippen LogP contribution in [0.15, 0.2) is 60.7 Å². The lowest BCUT2D eigenvalue weighted by Crippen LogP contribution is -2.52. The van der Waals surface area contributed by atoms with Crippen molar-refractivity contribution in [2.24, 2.45) is 0 Å². The zero-order chi connectivity index (χ0) is 25.5. The molecule has 1 aliphatic rings. The molecule has 0 bridgehead atoms. The Hall–Kier alpha value is -3.52. The molecule has 1 saturated heterocycles. The maximum absolute atomic E-state index is 13.6. The molecule has 2 aromatic carbocycles. The largest absolute Gasteiger partial charge is 0.352 e. The Balaban J connectivity index is 1.35. The maximum Gasteiger partial charge on any atom is 0.254 e. The van der Waals surface area contributed by atoms with Crippen LogP contribution in [0.5, 0.6) is 0 Å². The molecule has 3 aromatic rings. The third-order valence-electron chi connectivity index (χ3n) is 6.22. The fourth-order valence-corrected chi connectivity index (χ4v) is 4.39. The minimum absolute atomic E-state index is 0.0261. The van der Waals surface area contributed by atoms with Gasteiger partial charge in [0.1, 0.15) is 12.4 Å². The lowest BCUT2D eigenvalue weighted by molar-refractivity contribution is -0.132. The van der Waals surface area contributed by atoms with Crippen molar-refractivity contribution in [3.05, 3.63) is 77.1 Å². The summed E-state index contributed by atoms with van der Waals surface area (Å²) < 4.78 is 13.6. The summed E-state index contributed by atoms with van der Waals surface area (Å²) in [5.74, 6) is -0.176. The standard InChI is InChI=1S/C27H29ClFN5O2/c1-2-3-13-34(27(36)20-7-6-8-21(29)18-20)19-26(35)33-16-14-32(15-17-33)25-12-11-24(30-31-25)22-9-4-5-10-23(22)28/h4-12,18H,2-3,13-17,19H2,1H3. The van der Waals surface area contributed by atoms with E-state index in [0.717, 1.165) is 24.2 Å². The number of benzene rings is 2. The molecule has 1 aromatic heterocycles. The topological polar surface area (TPSA) is 69.6 Å². The number of carbonyl (C=O) groups excluding carboxylic acids is 2. The van der Waals surface area contributed by atoms with Gasteiger partial charge >= 0.3 is 0 Å². The number of hydrogen-bond donors (Lipinski definition) is 0. The molecule has 36 heavy (non-hydrogen) atoms. The molecule has 0 atom stereocenters. The number of halogens is 2. The van der Waals surface area contributed by atoms with E-state index < -0.39 is 5.82 Å². The second kappa shape index (κ2) is 11.9. The first-order valence-corrected chi connectivity index (χ1v) is 12.5. The van der Waals surface area contributed by atoms with E-state index in [-0.39, 0.29) is 23.9 Å². The van der Waals surface area contributed by atoms with Crippen molar-refractivity contribution in [1.29, 1.82) is 0 Å². The summed E-state index contributed by atoms with van der Waals surface area (Å²) in [4.78, 5) is 31.4. The molecule has 0 saturated carbocycles. The molecular formula is C27H29ClFN5O2. The van der Waals surface area contributed by atoms with Crippen molar-refractivity contribution < 1.29 is 14.0 Å². The fraction of sp³-hybridized carbons (Fsp3) is 0.333. The van der Waals surface area contributed by atoms with E-state index in [1.165, 1.54) is 23.1 Å². The smallest absolute Gasteiger partial charge is 0.254 e. The number of carbonyl (C=O) groups is 2. The summed E-state index contributed by atoms with van der Waals surface area (Å²) in [5, 5.41) is 9.32. The van der Waals surface area contributed by atoms with Gasteiger partial charge in [0, 0.05) is 43.9 Å². The van der Waals surface area contributed by atoms with E-state index in [0.29, 0.717) is 43.4 Å². The second-order valence-electron chi connectivity index (χ2n) is 8.72. The zero-order valence-electron chi connectivity index (χ0n) is 20.2. The quantitative estimate of drug-likeness (QED) is 0.446. The Morgan fingerprint density at radius 2 is 1.78 bits per heavy atom. The number of anilines is 1. The SMILES string of the molecule is CCCCN(CC(=O)N1CCN(c2ccc(-c3ccccc3Cl)nn2)CC1)C(=O)c1cccc(F)c1. The molecule has 0 unspecified atom stereocenters. The minimum Gasteiger partial charge on any atom is -0.352 e. The maximum atomic E-state index is 13.6.